The molecule has 0 atom stereocenters. The van der Waals surface area contributed by atoms with E-state index in [2.05, 4.69) is 5.16 Å². The molecule has 32 heavy (non-hydrogen) atoms. The molecule has 0 N–H and O–H groups in total. The van der Waals surface area contributed by atoms with E-state index in [1.807, 2.05) is 60.7 Å². The number of hydrogen-bond acceptors (Lipinski definition) is 7. The van der Waals surface area contributed by atoms with Crippen LogP contribution in [0.15, 0.2) is 82.4 Å². The number of fused-ring (bicyclic) bond motifs is 1. The van der Waals surface area contributed by atoms with Gasteiger partial charge >= 0.3 is 5.97 Å². The Labute approximate surface area is 184 Å². The van der Waals surface area contributed by atoms with Crippen LogP contribution >= 0.6 is 0 Å². The van der Waals surface area contributed by atoms with E-state index in [0.717, 1.165) is 10.9 Å². The minimum atomic E-state index is -0.686. The molecule has 0 saturated heterocycles. The van der Waals surface area contributed by atoms with E-state index in [1.54, 1.807) is 0 Å². The van der Waals surface area contributed by atoms with Gasteiger partial charge in [-0.15, -0.1) is 0 Å². The van der Waals surface area contributed by atoms with Crippen LogP contribution in [0.2, 0.25) is 0 Å². The molecular weight excluding hydrogens is 410 g/mol. The summed E-state index contributed by atoms with van der Waals surface area (Å²) in [6.07, 6.45) is 0. The summed E-state index contributed by atoms with van der Waals surface area (Å²) in [5.41, 5.74) is 2.04. The second-order valence-corrected chi connectivity index (χ2v) is 6.75. The number of ether oxygens (including phenoxy) is 3. The molecule has 0 aliphatic carbocycles. The fourth-order valence-corrected chi connectivity index (χ4v) is 3.27. The predicted octanol–water partition coefficient (Wildman–Crippen LogP) is 5.07. The van der Waals surface area contributed by atoms with Crippen LogP contribution in [0.1, 0.15) is 21.7 Å². The van der Waals surface area contributed by atoms with Gasteiger partial charge in [-0.2, -0.15) is 0 Å². The molecule has 1 aromatic heterocycles. The number of para-hydroxylation sites is 1. The van der Waals surface area contributed by atoms with Crippen LogP contribution < -0.4 is 14.2 Å². The third-order valence-electron chi connectivity index (χ3n) is 4.83. The Morgan fingerprint density at radius 3 is 2.06 bits per heavy atom. The highest BCUT2D eigenvalue weighted by atomic mass is 16.7. The van der Waals surface area contributed by atoms with Crippen molar-refractivity contribution in [2.75, 3.05) is 21.3 Å². The van der Waals surface area contributed by atoms with E-state index in [1.165, 1.54) is 33.5 Å². The molecule has 0 saturated carbocycles. The van der Waals surface area contributed by atoms with Gasteiger partial charge in [0.15, 0.2) is 23.0 Å². The van der Waals surface area contributed by atoms with E-state index >= 15 is 0 Å². The van der Waals surface area contributed by atoms with Crippen LogP contribution in [-0.4, -0.2) is 33.0 Å². The lowest BCUT2D eigenvalue weighted by molar-refractivity contribution is 0.0515. The Bertz CT molecular complexity index is 1220. The molecule has 3 aromatic carbocycles. The molecule has 0 spiro atoms. The number of hydrogen-bond donors (Lipinski definition) is 0. The summed E-state index contributed by atoms with van der Waals surface area (Å²) in [4.78, 5) is 18.1. The van der Waals surface area contributed by atoms with Crippen molar-refractivity contribution in [1.29, 1.82) is 0 Å². The quantitative estimate of drug-likeness (QED) is 0.231. The third kappa shape index (κ3) is 4.13. The van der Waals surface area contributed by atoms with Gasteiger partial charge < -0.3 is 23.5 Å². The molecule has 0 aliphatic heterocycles. The molecule has 0 bridgehead atoms. The van der Waals surface area contributed by atoms with Crippen LogP contribution in [-0.2, 0) is 4.84 Å². The summed E-state index contributed by atoms with van der Waals surface area (Å²) >= 11 is 0. The fourth-order valence-electron chi connectivity index (χ4n) is 3.27. The van der Waals surface area contributed by atoms with Crippen molar-refractivity contribution in [1.82, 2.24) is 0 Å². The lowest BCUT2D eigenvalue weighted by atomic mass is 10.1. The zero-order valence-corrected chi connectivity index (χ0v) is 17.8. The van der Waals surface area contributed by atoms with Gasteiger partial charge in [-0.25, -0.2) is 4.79 Å². The van der Waals surface area contributed by atoms with Gasteiger partial charge in [0.05, 0.1) is 26.9 Å². The Morgan fingerprint density at radius 1 is 0.781 bits per heavy atom. The molecule has 162 valence electrons. The second kappa shape index (κ2) is 9.26. The summed E-state index contributed by atoms with van der Waals surface area (Å²) in [6, 6.07) is 21.8. The molecule has 0 fully saturated rings. The summed E-state index contributed by atoms with van der Waals surface area (Å²) in [7, 11) is 4.43. The summed E-state index contributed by atoms with van der Waals surface area (Å²) < 4.78 is 21.8. The average Bonchev–Trinajstić information content (AvgIpc) is 3.27. The summed E-state index contributed by atoms with van der Waals surface area (Å²) in [6.45, 7) is 0. The third-order valence-corrected chi connectivity index (χ3v) is 4.83. The summed E-state index contributed by atoms with van der Waals surface area (Å²) in [5.74, 6) is 0.845. The predicted molar refractivity (Wildman–Crippen MR) is 120 cm³/mol. The SMILES string of the molecule is COc1cc(C(=O)ON=C(c2ccccc2)c2cc3ccccc3o2)cc(OC)c1OC. The van der Waals surface area contributed by atoms with E-state index in [-0.39, 0.29) is 5.56 Å². The number of benzene rings is 3. The largest absolute Gasteiger partial charge is 0.493 e. The highest BCUT2D eigenvalue weighted by Gasteiger charge is 2.20. The molecule has 4 aromatic rings. The first-order valence-electron chi connectivity index (χ1n) is 9.78. The molecule has 7 heteroatoms. The van der Waals surface area contributed by atoms with Gasteiger partial charge in [-0.3, -0.25) is 0 Å². The molecule has 0 unspecified atom stereocenters. The highest BCUT2D eigenvalue weighted by Crippen LogP contribution is 2.38. The van der Waals surface area contributed by atoms with E-state index in [9.17, 15) is 4.79 Å². The van der Waals surface area contributed by atoms with Crippen LogP contribution in [0.25, 0.3) is 11.0 Å². The number of rotatable bonds is 7. The molecular formula is C25H21NO6. The molecule has 0 amide bonds. The Hall–Kier alpha value is -4.26. The van der Waals surface area contributed by atoms with Crippen molar-refractivity contribution in [3.8, 4) is 17.2 Å². The summed E-state index contributed by atoms with van der Waals surface area (Å²) in [5, 5.41) is 5.07. The van der Waals surface area contributed by atoms with Crippen molar-refractivity contribution in [2.45, 2.75) is 0 Å². The van der Waals surface area contributed by atoms with E-state index in [4.69, 9.17) is 23.5 Å². The van der Waals surface area contributed by atoms with Crippen LogP contribution in [0.3, 0.4) is 0 Å². The molecule has 4 rings (SSSR count). The topological polar surface area (TPSA) is 79.5 Å². The van der Waals surface area contributed by atoms with Crippen molar-refractivity contribution in [2.24, 2.45) is 5.16 Å². The van der Waals surface area contributed by atoms with Crippen LogP contribution in [0, 0.1) is 0 Å². The van der Waals surface area contributed by atoms with Gasteiger partial charge in [-0.1, -0.05) is 53.7 Å². The minimum Gasteiger partial charge on any atom is -0.493 e. The number of methoxy groups -OCH3 is 3. The maximum atomic E-state index is 12.8. The maximum absolute atomic E-state index is 12.8. The lowest BCUT2D eigenvalue weighted by Gasteiger charge is -2.13. The number of oxime groups is 1. The minimum absolute atomic E-state index is 0.195. The van der Waals surface area contributed by atoms with Gasteiger partial charge in [0.25, 0.3) is 0 Å². The van der Waals surface area contributed by atoms with Crippen LogP contribution in [0.5, 0.6) is 17.2 Å². The van der Waals surface area contributed by atoms with E-state index in [0.29, 0.717) is 34.3 Å². The maximum Gasteiger partial charge on any atom is 0.366 e. The molecule has 0 radical (unpaired) electrons. The Morgan fingerprint density at radius 2 is 1.44 bits per heavy atom. The Kier molecular flexibility index (Phi) is 6.07. The molecule has 0 aliphatic rings. The van der Waals surface area contributed by atoms with Crippen molar-refractivity contribution < 1.29 is 28.3 Å². The standard InChI is InChI=1S/C25H21NO6/c1-28-21-14-18(15-22(29-2)24(21)30-3)25(27)32-26-23(16-9-5-4-6-10-16)20-13-17-11-7-8-12-19(17)31-20/h4-15H,1-3H3. The van der Waals surface area contributed by atoms with E-state index < -0.39 is 5.97 Å². The average molecular weight is 431 g/mol. The first kappa shape index (κ1) is 21.0. The lowest BCUT2D eigenvalue weighted by Crippen LogP contribution is -2.08. The van der Waals surface area contributed by atoms with Gasteiger partial charge in [0, 0.05) is 10.9 Å². The highest BCUT2D eigenvalue weighted by molar-refractivity contribution is 6.12. The number of nitrogens with zero attached hydrogens (tertiary/aromatic N) is 1. The Balaban J connectivity index is 1.71. The first-order chi connectivity index (χ1) is 15.6. The normalized spacial score (nSPS) is 11.3. The second-order valence-electron chi connectivity index (χ2n) is 6.75. The first-order valence-corrected chi connectivity index (χ1v) is 9.78. The van der Waals surface area contributed by atoms with Gasteiger partial charge in [-0.05, 0) is 24.3 Å². The fraction of sp³-hybridized carbons (Fsp3) is 0.120. The van der Waals surface area contributed by atoms with Gasteiger partial charge in [0.1, 0.15) is 5.58 Å². The number of carbonyl (C=O) groups is 1. The number of carbonyl (C=O) groups excluding carboxylic acids is 1. The van der Waals surface area contributed by atoms with Crippen molar-refractivity contribution in [3.05, 3.63) is 89.7 Å². The van der Waals surface area contributed by atoms with Crippen LogP contribution in [0.4, 0.5) is 0 Å². The molecule has 1 heterocycles. The van der Waals surface area contributed by atoms with Crippen molar-refractivity contribution in [3.63, 3.8) is 0 Å². The zero-order valence-electron chi connectivity index (χ0n) is 17.8. The monoisotopic (exact) mass is 431 g/mol. The molecule has 7 nitrogen and oxygen atoms in total. The van der Waals surface area contributed by atoms with Gasteiger partial charge in [0.2, 0.25) is 5.75 Å². The smallest absolute Gasteiger partial charge is 0.366 e. The van der Waals surface area contributed by atoms with Crippen molar-refractivity contribution >= 4 is 22.7 Å². The number of furan rings is 1. The zero-order chi connectivity index (χ0) is 22.5.